The number of nitrogens with zero attached hydrogens (tertiary/aromatic N) is 1. The van der Waals surface area contributed by atoms with Gasteiger partial charge in [-0.15, -0.1) is 0 Å². The van der Waals surface area contributed by atoms with E-state index in [1.54, 1.807) is 0 Å². The molecule has 2 atom stereocenters. The molecule has 0 bridgehead atoms. The molecule has 2 heteroatoms. The molecular weight excluding hydrogens is 208 g/mol. The zero-order chi connectivity index (χ0) is 11.5. The van der Waals surface area contributed by atoms with Crippen LogP contribution >= 0.6 is 0 Å². The Kier molecular flexibility index (Phi) is 3.44. The van der Waals surface area contributed by atoms with Crippen LogP contribution in [-0.2, 0) is 6.42 Å². The summed E-state index contributed by atoms with van der Waals surface area (Å²) < 4.78 is 0. The van der Waals surface area contributed by atoms with E-state index in [0.717, 1.165) is 11.8 Å². The largest absolute Gasteiger partial charge is 0.316 e. The zero-order valence-electron chi connectivity index (χ0n) is 10.4. The molecule has 1 aromatic rings. The average Bonchev–Trinajstić information content (AvgIpc) is 2.91. The van der Waals surface area contributed by atoms with Crippen LogP contribution in [0.5, 0.6) is 0 Å². The first-order valence-electron chi connectivity index (χ1n) is 6.89. The number of aryl methyl sites for hydroxylation is 1. The molecule has 0 saturated carbocycles. The maximum atomic E-state index is 3.50. The maximum Gasteiger partial charge on any atom is 0.00255 e. The smallest absolute Gasteiger partial charge is 0.00255 e. The van der Waals surface area contributed by atoms with Crippen LogP contribution in [0.1, 0.15) is 12.0 Å². The van der Waals surface area contributed by atoms with Gasteiger partial charge in [0.15, 0.2) is 0 Å². The fourth-order valence-electron chi connectivity index (χ4n) is 3.29. The quantitative estimate of drug-likeness (QED) is 0.848. The third-order valence-corrected chi connectivity index (χ3v) is 4.25. The van der Waals surface area contributed by atoms with Gasteiger partial charge in [-0.05, 0) is 49.9 Å². The summed E-state index contributed by atoms with van der Waals surface area (Å²) in [6.45, 7) is 6.43. The van der Waals surface area contributed by atoms with Gasteiger partial charge in [0.25, 0.3) is 0 Å². The highest BCUT2D eigenvalue weighted by atomic mass is 15.2. The minimum atomic E-state index is 0.937. The second kappa shape index (κ2) is 5.19. The second-order valence-corrected chi connectivity index (χ2v) is 5.53. The summed E-state index contributed by atoms with van der Waals surface area (Å²) in [5.41, 5.74) is 1.48. The minimum Gasteiger partial charge on any atom is -0.316 e. The summed E-state index contributed by atoms with van der Waals surface area (Å²) in [4.78, 5) is 2.67. The molecule has 2 aliphatic rings. The van der Waals surface area contributed by atoms with Crippen LogP contribution in [0.25, 0.3) is 0 Å². The summed E-state index contributed by atoms with van der Waals surface area (Å²) in [6, 6.07) is 10.9. The normalized spacial score (nSPS) is 28.5. The number of hydrogen-bond acceptors (Lipinski definition) is 2. The molecule has 2 unspecified atom stereocenters. The topological polar surface area (TPSA) is 15.3 Å². The van der Waals surface area contributed by atoms with E-state index in [1.165, 1.54) is 51.1 Å². The van der Waals surface area contributed by atoms with Crippen LogP contribution in [-0.4, -0.2) is 37.6 Å². The Morgan fingerprint density at radius 2 is 1.76 bits per heavy atom. The number of likely N-dealkylation sites (tertiary alicyclic amines) is 1. The molecule has 0 amide bonds. The molecule has 2 saturated heterocycles. The lowest BCUT2D eigenvalue weighted by Gasteiger charge is -2.16. The van der Waals surface area contributed by atoms with Gasteiger partial charge in [0.2, 0.25) is 0 Å². The molecule has 0 spiro atoms. The lowest BCUT2D eigenvalue weighted by atomic mass is 10.0. The molecule has 92 valence electrons. The van der Waals surface area contributed by atoms with Crippen LogP contribution in [0, 0.1) is 11.8 Å². The van der Waals surface area contributed by atoms with Gasteiger partial charge in [0.1, 0.15) is 0 Å². The summed E-state index contributed by atoms with van der Waals surface area (Å²) in [6.07, 6.45) is 2.53. The van der Waals surface area contributed by atoms with Crippen LogP contribution in [0.4, 0.5) is 0 Å². The zero-order valence-corrected chi connectivity index (χ0v) is 10.4. The van der Waals surface area contributed by atoms with Crippen molar-refractivity contribution in [1.29, 1.82) is 0 Å². The number of rotatable bonds is 4. The van der Waals surface area contributed by atoms with E-state index >= 15 is 0 Å². The van der Waals surface area contributed by atoms with Crippen LogP contribution in [0.2, 0.25) is 0 Å². The van der Waals surface area contributed by atoms with Crippen molar-refractivity contribution in [2.24, 2.45) is 11.8 Å². The third-order valence-electron chi connectivity index (χ3n) is 4.25. The lowest BCUT2D eigenvalue weighted by Crippen LogP contribution is -2.26. The fraction of sp³-hybridized carbons (Fsp3) is 0.600. The van der Waals surface area contributed by atoms with E-state index in [1.807, 2.05) is 0 Å². The first-order valence-corrected chi connectivity index (χ1v) is 6.89. The second-order valence-electron chi connectivity index (χ2n) is 5.53. The van der Waals surface area contributed by atoms with Crippen LogP contribution < -0.4 is 5.32 Å². The molecule has 1 N–H and O–H groups in total. The van der Waals surface area contributed by atoms with Crippen molar-refractivity contribution in [2.45, 2.75) is 12.8 Å². The highest BCUT2D eigenvalue weighted by molar-refractivity contribution is 5.14. The summed E-state index contributed by atoms with van der Waals surface area (Å²) in [5, 5.41) is 3.50. The van der Waals surface area contributed by atoms with Crippen LogP contribution in [0.15, 0.2) is 30.3 Å². The molecule has 0 radical (unpaired) electrons. The number of hydrogen-bond donors (Lipinski definition) is 1. The van der Waals surface area contributed by atoms with Crippen molar-refractivity contribution in [3.63, 3.8) is 0 Å². The van der Waals surface area contributed by atoms with Gasteiger partial charge in [-0.2, -0.15) is 0 Å². The molecule has 2 aliphatic heterocycles. The lowest BCUT2D eigenvalue weighted by molar-refractivity contribution is 0.309. The van der Waals surface area contributed by atoms with Gasteiger partial charge in [0.05, 0.1) is 0 Å². The highest BCUT2D eigenvalue weighted by Gasteiger charge is 2.35. The Labute approximate surface area is 104 Å². The van der Waals surface area contributed by atoms with Crippen molar-refractivity contribution >= 4 is 0 Å². The predicted molar refractivity (Wildman–Crippen MR) is 71.1 cm³/mol. The number of fused-ring (bicyclic) bond motifs is 1. The fourth-order valence-corrected chi connectivity index (χ4v) is 3.29. The summed E-state index contributed by atoms with van der Waals surface area (Å²) in [5.74, 6) is 1.87. The van der Waals surface area contributed by atoms with Gasteiger partial charge < -0.3 is 10.2 Å². The van der Waals surface area contributed by atoms with E-state index in [9.17, 15) is 0 Å². The van der Waals surface area contributed by atoms with Gasteiger partial charge >= 0.3 is 0 Å². The van der Waals surface area contributed by atoms with E-state index in [2.05, 4.69) is 40.5 Å². The predicted octanol–water partition coefficient (Wildman–Crippen LogP) is 1.77. The van der Waals surface area contributed by atoms with Crippen LogP contribution in [0.3, 0.4) is 0 Å². The van der Waals surface area contributed by atoms with E-state index in [4.69, 9.17) is 0 Å². The summed E-state index contributed by atoms with van der Waals surface area (Å²) in [7, 11) is 0. The minimum absolute atomic E-state index is 0.937. The van der Waals surface area contributed by atoms with Gasteiger partial charge in [-0.25, -0.2) is 0 Å². The van der Waals surface area contributed by atoms with Crippen molar-refractivity contribution in [3.05, 3.63) is 35.9 Å². The Morgan fingerprint density at radius 3 is 2.47 bits per heavy atom. The van der Waals surface area contributed by atoms with E-state index < -0.39 is 0 Å². The van der Waals surface area contributed by atoms with Crippen molar-refractivity contribution in [1.82, 2.24) is 10.2 Å². The Hall–Kier alpha value is -0.860. The Morgan fingerprint density at radius 1 is 1.06 bits per heavy atom. The van der Waals surface area contributed by atoms with E-state index in [0.29, 0.717) is 0 Å². The average molecular weight is 230 g/mol. The molecule has 17 heavy (non-hydrogen) atoms. The molecule has 0 aromatic heterocycles. The summed E-state index contributed by atoms with van der Waals surface area (Å²) >= 11 is 0. The number of benzene rings is 1. The maximum absolute atomic E-state index is 3.50. The molecule has 3 rings (SSSR count). The van der Waals surface area contributed by atoms with Gasteiger partial charge in [-0.1, -0.05) is 30.3 Å². The highest BCUT2D eigenvalue weighted by Crippen LogP contribution is 2.26. The monoisotopic (exact) mass is 230 g/mol. The van der Waals surface area contributed by atoms with Crippen molar-refractivity contribution in [3.8, 4) is 0 Å². The standard InChI is InChI=1S/C15H22N2/c1-2-5-13(6-3-1)7-4-8-17-11-14-9-16-10-15(14)12-17/h1-3,5-6,14-16H,4,7-12H2. The van der Waals surface area contributed by atoms with Crippen molar-refractivity contribution < 1.29 is 0 Å². The van der Waals surface area contributed by atoms with Crippen molar-refractivity contribution in [2.75, 3.05) is 32.7 Å². The number of nitrogens with one attached hydrogen (secondary N) is 1. The molecular formula is C15H22N2. The Bertz CT molecular complexity index is 337. The molecule has 1 aromatic carbocycles. The molecule has 2 fully saturated rings. The molecule has 0 aliphatic carbocycles. The third kappa shape index (κ3) is 2.70. The van der Waals surface area contributed by atoms with Gasteiger partial charge in [-0.3, -0.25) is 0 Å². The SMILES string of the molecule is c1ccc(CCCN2CC3CNCC3C2)cc1. The van der Waals surface area contributed by atoms with E-state index in [-0.39, 0.29) is 0 Å². The molecule has 2 heterocycles. The van der Waals surface area contributed by atoms with Gasteiger partial charge in [0, 0.05) is 13.1 Å². The first-order chi connectivity index (χ1) is 8.42. The molecule has 2 nitrogen and oxygen atoms in total. The first kappa shape index (κ1) is 11.2. The Balaban J connectivity index is 1.41.